The molecule has 1 aliphatic heterocycles. The fourth-order valence-corrected chi connectivity index (χ4v) is 3.16. The minimum atomic E-state index is -0.152. The third kappa shape index (κ3) is 3.20. The Morgan fingerprint density at radius 1 is 1.12 bits per heavy atom. The van der Waals surface area contributed by atoms with E-state index in [-0.39, 0.29) is 5.56 Å². The number of halogens is 1. The number of rotatable bonds is 3. The van der Waals surface area contributed by atoms with Crippen LogP contribution in [0.4, 0.5) is 5.82 Å². The normalized spacial score (nSPS) is 15.1. The highest BCUT2D eigenvalue weighted by atomic mass is 79.9. The van der Waals surface area contributed by atoms with E-state index in [4.69, 9.17) is 4.74 Å². The molecule has 0 radical (unpaired) electrons. The molecular formula is C16H16BrN5O2. The van der Waals surface area contributed by atoms with Crippen molar-refractivity contribution in [2.24, 2.45) is 0 Å². The molecule has 1 fully saturated rings. The van der Waals surface area contributed by atoms with Crippen molar-refractivity contribution in [3.63, 3.8) is 0 Å². The smallest absolute Gasteiger partial charge is 0.252 e. The number of nitrogens with one attached hydrogen (secondary N) is 2. The summed E-state index contributed by atoms with van der Waals surface area (Å²) in [6.07, 6.45) is 0.444. The SMILES string of the molecule is O=c1cc(N2CCOCC2)nc(Cc2nc3cc(Br)ccc3[nH]2)[nH]1. The van der Waals surface area contributed by atoms with Crippen molar-refractivity contribution in [2.45, 2.75) is 6.42 Å². The zero-order valence-corrected chi connectivity index (χ0v) is 14.5. The highest BCUT2D eigenvalue weighted by Crippen LogP contribution is 2.18. The maximum Gasteiger partial charge on any atom is 0.252 e. The molecule has 0 unspecified atom stereocenters. The van der Waals surface area contributed by atoms with Gasteiger partial charge in [0.15, 0.2) is 0 Å². The monoisotopic (exact) mass is 389 g/mol. The van der Waals surface area contributed by atoms with Gasteiger partial charge in [-0.25, -0.2) is 9.97 Å². The Hall–Kier alpha value is -2.19. The lowest BCUT2D eigenvalue weighted by molar-refractivity contribution is 0.122. The second-order valence-electron chi connectivity index (χ2n) is 5.67. The van der Waals surface area contributed by atoms with Crippen LogP contribution in [0.1, 0.15) is 11.6 Å². The van der Waals surface area contributed by atoms with Crippen LogP contribution < -0.4 is 10.5 Å². The van der Waals surface area contributed by atoms with E-state index in [0.717, 1.165) is 34.4 Å². The zero-order chi connectivity index (χ0) is 16.5. The number of H-pyrrole nitrogens is 2. The first-order valence-corrected chi connectivity index (χ1v) is 8.54. The van der Waals surface area contributed by atoms with Crippen LogP contribution in [0.2, 0.25) is 0 Å². The van der Waals surface area contributed by atoms with Gasteiger partial charge in [-0.2, -0.15) is 0 Å². The predicted octanol–water partition coefficient (Wildman–Crippen LogP) is 1.84. The second kappa shape index (κ2) is 6.37. The number of aromatic nitrogens is 4. The van der Waals surface area contributed by atoms with E-state index in [0.29, 0.717) is 31.3 Å². The van der Waals surface area contributed by atoms with E-state index in [1.807, 2.05) is 18.2 Å². The van der Waals surface area contributed by atoms with Crippen LogP contribution in [0, 0.1) is 0 Å². The van der Waals surface area contributed by atoms with E-state index in [1.165, 1.54) is 6.07 Å². The third-order valence-electron chi connectivity index (χ3n) is 3.94. The Labute approximate surface area is 146 Å². The van der Waals surface area contributed by atoms with E-state index in [1.54, 1.807) is 0 Å². The highest BCUT2D eigenvalue weighted by molar-refractivity contribution is 9.10. The summed E-state index contributed by atoms with van der Waals surface area (Å²) >= 11 is 3.44. The summed E-state index contributed by atoms with van der Waals surface area (Å²) in [5.74, 6) is 2.06. The molecule has 3 heterocycles. The first-order chi connectivity index (χ1) is 11.7. The van der Waals surface area contributed by atoms with Crippen LogP contribution in [0.5, 0.6) is 0 Å². The van der Waals surface area contributed by atoms with Gasteiger partial charge in [0.05, 0.1) is 30.7 Å². The number of morpholine rings is 1. The molecule has 2 aromatic heterocycles. The molecule has 24 heavy (non-hydrogen) atoms. The molecule has 4 rings (SSSR count). The predicted molar refractivity (Wildman–Crippen MR) is 94.5 cm³/mol. The van der Waals surface area contributed by atoms with Gasteiger partial charge in [-0.05, 0) is 18.2 Å². The van der Waals surface area contributed by atoms with Gasteiger partial charge in [0, 0.05) is 23.6 Å². The molecule has 2 N–H and O–H groups in total. The number of imidazole rings is 1. The number of hydrogen-bond donors (Lipinski definition) is 2. The summed E-state index contributed by atoms with van der Waals surface area (Å²) in [5, 5.41) is 0. The number of benzene rings is 1. The lowest BCUT2D eigenvalue weighted by Gasteiger charge is -2.27. The Balaban J connectivity index is 1.63. The van der Waals surface area contributed by atoms with Crippen molar-refractivity contribution < 1.29 is 4.74 Å². The van der Waals surface area contributed by atoms with Crippen LogP contribution in [0.3, 0.4) is 0 Å². The van der Waals surface area contributed by atoms with Crippen molar-refractivity contribution in [3.8, 4) is 0 Å². The topological polar surface area (TPSA) is 86.9 Å². The molecule has 124 valence electrons. The maximum atomic E-state index is 12.0. The van der Waals surface area contributed by atoms with Gasteiger partial charge in [-0.1, -0.05) is 15.9 Å². The summed E-state index contributed by atoms with van der Waals surface area (Å²) in [6.45, 7) is 2.80. The van der Waals surface area contributed by atoms with Gasteiger partial charge in [-0.15, -0.1) is 0 Å². The number of hydrogen-bond acceptors (Lipinski definition) is 5. The van der Waals surface area contributed by atoms with Crippen molar-refractivity contribution in [1.82, 2.24) is 19.9 Å². The summed E-state index contributed by atoms with van der Waals surface area (Å²) < 4.78 is 6.33. The summed E-state index contributed by atoms with van der Waals surface area (Å²) in [4.78, 5) is 29.2. The minimum Gasteiger partial charge on any atom is -0.378 e. The highest BCUT2D eigenvalue weighted by Gasteiger charge is 2.14. The lowest BCUT2D eigenvalue weighted by atomic mass is 10.3. The van der Waals surface area contributed by atoms with Gasteiger partial charge in [0.25, 0.3) is 5.56 Å². The number of nitrogens with zero attached hydrogens (tertiary/aromatic N) is 3. The first kappa shape index (κ1) is 15.3. The van der Waals surface area contributed by atoms with Gasteiger partial charge in [0.1, 0.15) is 17.5 Å². The van der Waals surface area contributed by atoms with E-state index in [2.05, 4.69) is 40.8 Å². The Morgan fingerprint density at radius 3 is 2.75 bits per heavy atom. The first-order valence-electron chi connectivity index (χ1n) is 7.74. The van der Waals surface area contributed by atoms with Crippen LogP contribution in [0.15, 0.2) is 33.5 Å². The van der Waals surface area contributed by atoms with Gasteiger partial charge < -0.3 is 19.6 Å². The Kier molecular flexibility index (Phi) is 4.07. The fourth-order valence-electron chi connectivity index (χ4n) is 2.81. The van der Waals surface area contributed by atoms with Crippen LogP contribution in [0.25, 0.3) is 11.0 Å². The van der Waals surface area contributed by atoms with Gasteiger partial charge in [-0.3, -0.25) is 4.79 Å². The average Bonchev–Trinajstić information content (AvgIpc) is 2.96. The molecule has 7 nitrogen and oxygen atoms in total. The molecule has 0 atom stereocenters. The van der Waals surface area contributed by atoms with Crippen molar-refractivity contribution in [2.75, 3.05) is 31.2 Å². The minimum absolute atomic E-state index is 0.152. The third-order valence-corrected chi connectivity index (χ3v) is 4.43. The summed E-state index contributed by atoms with van der Waals surface area (Å²) in [6, 6.07) is 7.42. The molecule has 1 saturated heterocycles. The molecule has 3 aromatic rings. The fraction of sp³-hybridized carbons (Fsp3) is 0.312. The second-order valence-corrected chi connectivity index (χ2v) is 6.59. The average molecular weight is 390 g/mol. The van der Waals surface area contributed by atoms with Crippen molar-refractivity contribution in [1.29, 1.82) is 0 Å². The van der Waals surface area contributed by atoms with E-state index in [9.17, 15) is 4.79 Å². The van der Waals surface area contributed by atoms with E-state index >= 15 is 0 Å². The number of anilines is 1. The zero-order valence-electron chi connectivity index (χ0n) is 12.9. The molecule has 0 aliphatic carbocycles. The van der Waals surface area contributed by atoms with E-state index < -0.39 is 0 Å². The van der Waals surface area contributed by atoms with Gasteiger partial charge in [0.2, 0.25) is 0 Å². The maximum absolute atomic E-state index is 12.0. The van der Waals surface area contributed by atoms with Crippen LogP contribution in [-0.4, -0.2) is 46.2 Å². The van der Waals surface area contributed by atoms with Crippen molar-refractivity contribution in [3.05, 3.63) is 50.7 Å². The summed E-state index contributed by atoms with van der Waals surface area (Å²) in [5.41, 5.74) is 1.69. The Morgan fingerprint density at radius 2 is 1.92 bits per heavy atom. The number of fused-ring (bicyclic) bond motifs is 1. The quantitative estimate of drug-likeness (QED) is 0.713. The molecule has 0 saturated carbocycles. The molecule has 0 spiro atoms. The molecule has 1 aliphatic rings. The largest absolute Gasteiger partial charge is 0.378 e. The molecule has 8 heteroatoms. The Bertz CT molecular complexity index is 930. The number of aromatic amines is 2. The molecule has 0 amide bonds. The standard InChI is InChI=1S/C16H16BrN5O2/c17-10-1-2-11-12(7-10)19-13(18-11)8-14-20-15(9-16(23)21-14)22-3-5-24-6-4-22/h1-2,7,9H,3-6,8H2,(H,18,19)(H,20,21,23). The number of ether oxygens (including phenoxy) is 1. The van der Waals surface area contributed by atoms with Gasteiger partial charge >= 0.3 is 0 Å². The van der Waals surface area contributed by atoms with Crippen LogP contribution in [-0.2, 0) is 11.2 Å². The lowest BCUT2D eigenvalue weighted by Crippen LogP contribution is -2.37. The summed E-state index contributed by atoms with van der Waals surface area (Å²) in [7, 11) is 0. The molecule has 1 aromatic carbocycles. The molecule has 0 bridgehead atoms. The van der Waals surface area contributed by atoms with Crippen molar-refractivity contribution >= 4 is 32.8 Å². The van der Waals surface area contributed by atoms with Crippen LogP contribution >= 0.6 is 15.9 Å². The molecular weight excluding hydrogens is 374 g/mol.